The lowest BCUT2D eigenvalue weighted by molar-refractivity contribution is 0.373. The molecule has 5 heteroatoms. The summed E-state index contributed by atoms with van der Waals surface area (Å²) >= 11 is 0. The Balaban J connectivity index is 1.85. The van der Waals surface area contributed by atoms with Crippen LogP contribution in [0.4, 0.5) is 0 Å². The molecule has 2 rings (SSSR count). The van der Waals surface area contributed by atoms with Crippen LogP contribution in [0.5, 0.6) is 11.5 Å². The van der Waals surface area contributed by atoms with Crippen molar-refractivity contribution in [2.75, 3.05) is 7.11 Å². The average molecular weight is 289 g/mol. The molecule has 2 N–H and O–H groups in total. The van der Waals surface area contributed by atoms with Crippen LogP contribution in [0.15, 0.2) is 30.6 Å². The van der Waals surface area contributed by atoms with Gasteiger partial charge >= 0.3 is 0 Å². The van der Waals surface area contributed by atoms with Crippen molar-refractivity contribution in [2.45, 2.75) is 33.5 Å². The Kier molecular flexibility index (Phi) is 5.22. The number of phenolic OH excluding ortho intramolecular Hbond substituents is 1. The maximum atomic E-state index is 9.56. The molecule has 0 saturated heterocycles. The number of hydrogen-bond acceptors (Lipinski definition) is 4. The van der Waals surface area contributed by atoms with Crippen molar-refractivity contribution in [1.82, 2.24) is 15.1 Å². The van der Waals surface area contributed by atoms with E-state index in [-0.39, 0.29) is 5.75 Å². The molecule has 2 aromatic rings. The maximum Gasteiger partial charge on any atom is 0.160 e. The lowest BCUT2D eigenvalue weighted by Gasteiger charge is -2.07. The first kappa shape index (κ1) is 15.4. The second kappa shape index (κ2) is 7.13. The highest BCUT2D eigenvalue weighted by molar-refractivity contribution is 5.41. The number of aromatic nitrogens is 2. The standard InChI is InChI=1S/C16H23N3O2/c1-12(2)10-19-11-14(9-18-19)8-17-7-13-4-5-15(20)16(6-13)21-3/h4-6,9,11-12,17,20H,7-8,10H2,1-3H3. The van der Waals surface area contributed by atoms with Gasteiger partial charge in [-0.05, 0) is 23.6 Å². The normalized spacial score (nSPS) is 11.0. The van der Waals surface area contributed by atoms with Crippen LogP contribution in [0.25, 0.3) is 0 Å². The van der Waals surface area contributed by atoms with Crippen LogP contribution in [-0.2, 0) is 19.6 Å². The molecule has 0 amide bonds. The first-order chi connectivity index (χ1) is 10.1. The van der Waals surface area contributed by atoms with E-state index in [0.717, 1.165) is 18.7 Å². The zero-order valence-corrected chi connectivity index (χ0v) is 12.8. The van der Waals surface area contributed by atoms with Crippen molar-refractivity contribution in [1.29, 1.82) is 0 Å². The van der Waals surface area contributed by atoms with Crippen molar-refractivity contribution in [3.63, 3.8) is 0 Å². The minimum atomic E-state index is 0.163. The van der Waals surface area contributed by atoms with E-state index in [9.17, 15) is 5.11 Å². The minimum absolute atomic E-state index is 0.163. The lowest BCUT2D eigenvalue weighted by atomic mass is 10.2. The molecule has 0 atom stereocenters. The topological polar surface area (TPSA) is 59.3 Å². The van der Waals surface area contributed by atoms with E-state index in [4.69, 9.17) is 4.74 Å². The van der Waals surface area contributed by atoms with Crippen molar-refractivity contribution < 1.29 is 9.84 Å². The Hall–Kier alpha value is -2.01. The van der Waals surface area contributed by atoms with Crippen LogP contribution < -0.4 is 10.1 Å². The van der Waals surface area contributed by atoms with E-state index < -0.39 is 0 Å². The SMILES string of the molecule is COc1cc(CNCc2cnn(CC(C)C)c2)ccc1O. The largest absolute Gasteiger partial charge is 0.504 e. The molecular weight excluding hydrogens is 266 g/mol. The number of aromatic hydroxyl groups is 1. The number of rotatable bonds is 7. The van der Waals surface area contributed by atoms with Gasteiger partial charge in [-0.25, -0.2) is 0 Å². The summed E-state index contributed by atoms with van der Waals surface area (Å²) in [4.78, 5) is 0. The van der Waals surface area contributed by atoms with Crippen molar-refractivity contribution in [3.05, 3.63) is 41.7 Å². The Morgan fingerprint density at radius 3 is 2.76 bits per heavy atom. The second-order valence-corrected chi connectivity index (χ2v) is 5.57. The first-order valence-corrected chi connectivity index (χ1v) is 7.16. The predicted molar refractivity (Wildman–Crippen MR) is 82.3 cm³/mol. The van der Waals surface area contributed by atoms with Gasteiger partial charge in [-0.1, -0.05) is 19.9 Å². The van der Waals surface area contributed by atoms with E-state index in [1.54, 1.807) is 13.2 Å². The highest BCUT2D eigenvalue weighted by atomic mass is 16.5. The summed E-state index contributed by atoms with van der Waals surface area (Å²) in [5.74, 6) is 1.26. The molecule has 0 bridgehead atoms. The third-order valence-electron chi connectivity index (χ3n) is 3.14. The smallest absolute Gasteiger partial charge is 0.160 e. The van der Waals surface area contributed by atoms with Gasteiger partial charge in [0.15, 0.2) is 11.5 Å². The van der Waals surface area contributed by atoms with Gasteiger partial charge in [0, 0.05) is 31.4 Å². The monoisotopic (exact) mass is 289 g/mol. The van der Waals surface area contributed by atoms with Gasteiger partial charge in [0.05, 0.1) is 13.3 Å². The molecular formula is C16H23N3O2. The molecule has 1 heterocycles. The summed E-state index contributed by atoms with van der Waals surface area (Å²) < 4.78 is 7.08. The number of hydrogen-bond donors (Lipinski definition) is 2. The fourth-order valence-corrected chi connectivity index (χ4v) is 2.15. The molecule has 0 radical (unpaired) electrons. The summed E-state index contributed by atoms with van der Waals surface area (Å²) in [7, 11) is 1.55. The third-order valence-corrected chi connectivity index (χ3v) is 3.14. The number of benzene rings is 1. The molecule has 0 aliphatic carbocycles. The van der Waals surface area contributed by atoms with Gasteiger partial charge in [0.2, 0.25) is 0 Å². The van der Waals surface area contributed by atoms with Crippen molar-refractivity contribution in [2.24, 2.45) is 5.92 Å². The molecule has 5 nitrogen and oxygen atoms in total. The number of phenols is 1. The molecule has 0 saturated carbocycles. The molecule has 0 aliphatic heterocycles. The zero-order valence-electron chi connectivity index (χ0n) is 12.8. The Morgan fingerprint density at radius 1 is 1.29 bits per heavy atom. The Morgan fingerprint density at radius 2 is 2.05 bits per heavy atom. The quantitative estimate of drug-likeness (QED) is 0.822. The predicted octanol–water partition coefficient (Wildman–Crippen LogP) is 2.54. The van der Waals surface area contributed by atoms with Crippen molar-refractivity contribution >= 4 is 0 Å². The van der Waals surface area contributed by atoms with E-state index in [0.29, 0.717) is 18.2 Å². The molecule has 0 aliphatic rings. The van der Waals surface area contributed by atoms with Crippen LogP contribution in [-0.4, -0.2) is 22.0 Å². The van der Waals surface area contributed by atoms with Gasteiger partial charge in [-0.2, -0.15) is 5.10 Å². The number of ether oxygens (including phenoxy) is 1. The molecule has 21 heavy (non-hydrogen) atoms. The van der Waals surface area contributed by atoms with E-state index in [2.05, 4.69) is 30.5 Å². The summed E-state index contributed by atoms with van der Waals surface area (Å²) in [6.45, 7) is 6.78. The summed E-state index contributed by atoms with van der Waals surface area (Å²) in [5.41, 5.74) is 2.24. The van der Waals surface area contributed by atoms with Crippen LogP contribution >= 0.6 is 0 Å². The molecule has 1 aromatic heterocycles. The third kappa shape index (κ3) is 4.49. The molecule has 0 fully saturated rings. The number of methoxy groups -OCH3 is 1. The molecule has 114 valence electrons. The number of nitrogens with zero attached hydrogens (tertiary/aromatic N) is 2. The van der Waals surface area contributed by atoms with Crippen LogP contribution in [0.3, 0.4) is 0 Å². The Bertz CT molecular complexity index is 579. The maximum absolute atomic E-state index is 9.56. The molecule has 1 aromatic carbocycles. The highest BCUT2D eigenvalue weighted by Crippen LogP contribution is 2.26. The summed E-state index contributed by atoms with van der Waals surface area (Å²) in [6.07, 6.45) is 3.97. The summed E-state index contributed by atoms with van der Waals surface area (Å²) in [6, 6.07) is 5.37. The highest BCUT2D eigenvalue weighted by Gasteiger charge is 2.04. The van der Waals surface area contributed by atoms with Gasteiger partial charge < -0.3 is 15.2 Å². The van der Waals surface area contributed by atoms with Gasteiger partial charge in [-0.3, -0.25) is 4.68 Å². The van der Waals surface area contributed by atoms with Gasteiger partial charge in [0.1, 0.15) is 0 Å². The van der Waals surface area contributed by atoms with E-state index >= 15 is 0 Å². The fourth-order valence-electron chi connectivity index (χ4n) is 2.15. The van der Waals surface area contributed by atoms with Gasteiger partial charge in [0.25, 0.3) is 0 Å². The summed E-state index contributed by atoms with van der Waals surface area (Å²) in [5, 5.41) is 17.3. The fraction of sp³-hybridized carbons (Fsp3) is 0.438. The Labute approximate surface area is 125 Å². The van der Waals surface area contributed by atoms with Crippen molar-refractivity contribution in [3.8, 4) is 11.5 Å². The lowest BCUT2D eigenvalue weighted by Crippen LogP contribution is -2.12. The minimum Gasteiger partial charge on any atom is -0.504 e. The van der Waals surface area contributed by atoms with Crippen LogP contribution in [0.2, 0.25) is 0 Å². The number of nitrogens with one attached hydrogen (secondary N) is 1. The zero-order chi connectivity index (χ0) is 15.2. The first-order valence-electron chi connectivity index (χ1n) is 7.16. The second-order valence-electron chi connectivity index (χ2n) is 5.57. The van der Waals surface area contributed by atoms with E-state index in [1.165, 1.54) is 5.56 Å². The van der Waals surface area contributed by atoms with Crippen LogP contribution in [0.1, 0.15) is 25.0 Å². The van der Waals surface area contributed by atoms with Gasteiger partial charge in [-0.15, -0.1) is 0 Å². The van der Waals surface area contributed by atoms with E-state index in [1.807, 2.05) is 23.0 Å². The van der Waals surface area contributed by atoms with Crippen LogP contribution in [0, 0.1) is 5.92 Å². The molecule has 0 spiro atoms. The molecule has 0 unspecified atom stereocenters. The average Bonchev–Trinajstić information content (AvgIpc) is 2.87.